The van der Waals surface area contributed by atoms with Crippen molar-refractivity contribution in [2.24, 2.45) is 16.6 Å². The Hall–Kier alpha value is -2.17. The first-order chi connectivity index (χ1) is 9.65. The number of nitrogens with zero attached hydrogens (tertiary/aromatic N) is 1. The third-order valence-electron chi connectivity index (χ3n) is 4.00. The molecular weight excluding hydrogens is 254 g/mol. The molecule has 104 valence electrons. The number of rotatable bonds is 2. The molecule has 1 saturated carbocycles. The van der Waals surface area contributed by atoms with Crippen molar-refractivity contribution >= 4 is 23.3 Å². The fourth-order valence-corrected chi connectivity index (χ4v) is 2.86. The lowest BCUT2D eigenvalue weighted by molar-refractivity contribution is 0.0879. The molecule has 3 rings (SSSR count). The average Bonchev–Trinajstić information content (AvgIpc) is 2.75. The van der Waals surface area contributed by atoms with Gasteiger partial charge in [0.25, 0.3) is 11.8 Å². The van der Waals surface area contributed by atoms with Gasteiger partial charge in [-0.15, -0.1) is 0 Å². The molecular formula is C15H17N3O2. The second-order valence-corrected chi connectivity index (χ2v) is 5.38. The molecule has 0 unspecified atom stereocenters. The maximum absolute atomic E-state index is 11.6. The Bertz CT molecular complexity index is 601. The minimum absolute atomic E-state index is 0.340. The van der Waals surface area contributed by atoms with Crippen LogP contribution in [0.15, 0.2) is 23.2 Å². The number of nitrogens with two attached hydrogens (primary N) is 1. The molecule has 1 aliphatic carbocycles. The number of benzene rings is 1. The van der Waals surface area contributed by atoms with E-state index in [9.17, 15) is 9.59 Å². The smallest absolute Gasteiger partial charge is 0.259 e. The van der Waals surface area contributed by atoms with Gasteiger partial charge in [-0.1, -0.05) is 19.3 Å². The summed E-state index contributed by atoms with van der Waals surface area (Å²) in [4.78, 5) is 27.5. The van der Waals surface area contributed by atoms with E-state index in [1.807, 2.05) is 0 Å². The fourth-order valence-electron chi connectivity index (χ4n) is 2.86. The zero-order chi connectivity index (χ0) is 14.1. The summed E-state index contributed by atoms with van der Waals surface area (Å²) in [6, 6.07) is 4.99. The van der Waals surface area contributed by atoms with Gasteiger partial charge >= 0.3 is 0 Å². The van der Waals surface area contributed by atoms with Crippen LogP contribution in [0.2, 0.25) is 0 Å². The number of fused-ring (bicyclic) bond motifs is 1. The lowest BCUT2D eigenvalue weighted by Gasteiger charge is -2.20. The van der Waals surface area contributed by atoms with E-state index in [4.69, 9.17) is 5.73 Å². The van der Waals surface area contributed by atoms with Gasteiger partial charge in [-0.25, -0.2) is 4.99 Å². The highest BCUT2D eigenvalue weighted by molar-refractivity contribution is 6.21. The Balaban J connectivity index is 1.86. The van der Waals surface area contributed by atoms with Crippen molar-refractivity contribution in [2.45, 2.75) is 32.1 Å². The zero-order valence-corrected chi connectivity index (χ0v) is 11.2. The highest BCUT2D eigenvalue weighted by Gasteiger charge is 2.26. The average molecular weight is 271 g/mol. The van der Waals surface area contributed by atoms with Crippen LogP contribution in [-0.4, -0.2) is 17.6 Å². The maximum Gasteiger partial charge on any atom is 0.259 e. The standard InChI is InChI=1S/C15H17N3O2/c16-13(9-4-2-1-3-5-9)17-10-6-7-11-12(8-10)15(20)18-14(11)19/h6-9H,1-5H2,(H2,16,17)(H,18,19,20). The molecule has 0 radical (unpaired) electrons. The van der Waals surface area contributed by atoms with Crippen LogP contribution in [-0.2, 0) is 0 Å². The number of amides is 2. The van der Waals surface area contributed by atoms with Crippen LogP contribution in [0, 0.1) is 5.92 Å². The molecule has 0 aromatic heterocycles. The summed E-state index contributed by atoms with van der Waals surface area (Å²) >= 11 is 0. The lowest BCUT2D eigenvalue weighted by Crippen LogP contribution is -2.25. The van der Waals surface area contributed by atoms with E-state index in [-0.39, 0.29) is 11.8 Å². The van der Waals surface area contributed by atoms with Gasteiger partial charge < -0.3 is 5.73 Å². The van der Waals surface area contributed by atoms with Crippen LogP contribution in [0.1, 0.15) is 52.8 Å². The minimum atomic E-state index is -0.363. The van der Waals surface area contributed by atoms with Crippen LogP contribution in [0.4, 0.5) is 5.69 Å². The van der Waals surface area contributed by atoms with Gasteiger partial charge in [-0.2, -0.15) is 0 Å². The molecule has 5 heteroatoms. The number of nitrogens with one attached hydrogen (secondary N) is 1. The first-order valence-corrected chi connectivity index (χ1v) is 6.99. The molecule has 3 N–H and O–H groups in total. The number of hydrogen-bond donors (Lipinski definition) is 2. The van der Waals surface area contributed by atoms with Gasteiger partial charge in [-0.3, -0.25) is 14.9 Å². The molecule has 0 bridgehead atoms. The Morgan fingerprint density at radius 1 is 1.10 bits per heavy atom. The normalized spacial score (nSPS) is 19.9. The second-order valence-electron chi connectivity index (χ2n) is 5.38. The molecule has 1 aliphatic heterocycles. The molecule has 0 spiro atoms. The van der Waals surface area contributed by atoms with Gasteiger partial charge in [-0.05, 0) is 31.0 Å². The topological polar surface area (TPSA) is 84.5 Å². The predicted octanol–water partition coefficient (Wildman–Crippen LogP) is 2.14. The number of carbonyl (C=O) groups is 2. The number of aliphatic imine (C=N–C) groups is 1. The van der Waals surface area contributed by atoms with Crippen molar-refractivity contribution in [3.8, 4) is 0 Å². The first kappa shape index (κ1) is 12.8. The molecule has 5 nitrogen and oxygen atoms in total. The van der Waals surface area contributed by atoms with E-state index in [2.05, 4.69) is 10.3 Å². The molecule has 2 amide bonds. The van der Waals surface area contributed by atoms with Crippen molar-refractivity contribution in [2.75, 3.05) is 0 Å². The fraction of sp³-hybridized carbons (Fsp3) is 0.400. The molecule has 0 saturated heterocycles. The van der Waals surface area contributed by atoms with Crippen molar-refractivity contribution < 1.29 is 9.59 Å². The van der Waals surface area contributed by atoms with E-state index >= 15 is 0 Å². The van der Waals surface area contributed by atoms with Crippen molar-refractivity contribution in [3.05, 3.63) is 29.3 Å². The summed E-state index contributed by atoms with van der Waals surface area (Å²) in [5, 5.41) is 2.27. The number of hydrogen-bond acceptors (Lipinski definition) is 3. The van der Waals surface area contributed by atoms with E-state index in [0.29, 0.717) is 28.6 Å². The summed E-state index contributed by atoms with van der Waals surface area (Å²) in [6.07, 6.45) is 5.83. The predicted molar refractivity (Wildman–Crippen MR) is 76.1 cm³/mol. The molecule has 20 heavy (non-hydrogen) atoms. The lowest BCUT2D eigenvalue weighted by atomic mass is 9.88. The van der Waals surface area contributed by atoms with Crippen LogP contribution >= 0.6 is 0 Å². The quantitative estimate of drug-likeness (QED) is 0.491. The highest BCUT2D eigenvalue weighted by atomic mass is 16.2. The van der Waals surface area contributed by atoms with Crippen molar-refractivity contribution in [1.82, 2.24) is 5.32 Å². The van der Waals surface area contributed by atoms with Crippen molar-refractivity contribution in [3.63, 3.8) is 0 Å². The maximum atomic E-state index is 11.6. The summed E-state index contributed by atoms with van der Waals surface area (Å²) in [5.41, 5.74) is 7.50. The first-order valence-electron chi connectivity index (χ1n) is 6.99. The van der Waals surface area contributed by atoms with Crippen LogP contribution < -0.4 is 11.1 Å². The molecule has 1 aromatic carbocycles. The Kier molecular flexibility index (Phi) is 3.26. The third-order valence-corrected chi connectivity index (χ3v) is 4.00. The monoisotopic (exact) mass is 271 g/mol. The number of carbonyl (C=O) groups excluding carboxylic acids is 2. The van der Waals surface area contributed by atoms with E-state index in [1.165, 1.54) is 19.3 Å². The highest BCUT2D eigenvalue weighted by Crippen LogP contribution is 2.26. The van der Waals surface area contributed by atoms with Crippen LogP contribution in [0.3, 0.4) is 0 Å². The van der Waals surface area contributed by atoms with Crippen molar-refractivity contribution in [1.29, 1.82) is 0 Å². The molecule has 2 aliphatic rings. The molecule has 0 atom stereocenters. The molecule has 1 fully saturated rings. The van der Waals surface area contributed by atoms with Crippen LogP contribution in [0.5, 0.6) is 0 Å². The summed E-state index contributed by atoms with van der Waals surface area (Å²) in [6.45, 7) is 0. The third kappa shape index (κ3) is 2.31. The molecule has 1 heterocycles. The Labute approximate surface area is 117 Å². The Morgan fingerprint density at radius 2 is 1.80 bits per heavy atom. The van der Waals surface area contributed by atoms with E-state index in [1.54, 1.807) is 18.2 Å². The summed E-state index contributed by atoms with van der Waals surface area (Å²) < 4.78 is 0. The zero-order valence-electron chi connectivity index (χ0n) is 11.2. The van der Waals surface area contributed by atoms with Gasteiger partial charge in [0.05, 0.1) is 16.8 Å². The van der Waals surface area contributed by atoms with Gasteiger partial charge in [0.15, 0.2) is 0 Å². The summed E-state index contributed by atoms with van der Waals surface area (Å²) in [5.74, 6) is 0.265. The summed E-state index contributed by atoms with van der Waals surface area (Å²) in [7, 11) is 0. The number of imide groups is 1. The van der Waals surface area contributed by atoms with E-state index < -0.39 is 0 Å². The van der Waals surface area contributed by atoms with Gasteiger partial charge in [0, 0.05) is 5.92 Å². The Morgan fingerprint density at radius 3 is 2.55 bits per heavy atom. The SMILES string of the molecule is NC(=Nc1ccc2c(c1)C(=O)NC2=O)C1CCCCC1. The number of amidine groups is 1. The second kappa shape index (κ2) is 5.07. The molecule has 1 aromatic rings. The van der Waals surface area contributed by atoms with E-state index in [0.717, 1.165) is 12.8 Å². The van der Waals surface area contributed by atoms with Gasteiger partial charge in [0.1, 0.15) is 5.84 Å². The van der Waals surface area contributed by atoms with Crippen LogP contribution in [0.25, 0.3) is 0 Å². The minimum Gasteiger partial charge on any atom is -0.387 e. The van der Waals surface area contributed by atoms with Gasteiger partial charge in [0.2, 0.25) is 0 Å². The largest absolute Gasteiger partial charge is 0.387 e.